The monoisotopic (exact) mass is 393 g/mol. The van der Waals surface area contributed by atoms with Crippen molar-refractivity contribution in [2.24, 2.45) is 0 Å². The standard InChI is InChI=1S/C21H39NO3.Ca/c1-3-4-5-6-7-8-9-10-11-12-13-14-15-16-17-18-20(23)22(2)19-21(24)25;/h10-11H,3-9,12-19H2,1-2H3,(H,24,25);/b11-10-;. The molecule has 0 aliphatic heterocycles. The zero-order valence-corrected chi connectivity index (χ0v) is 19.4. The van der Waals surface area contributed by atoms with E-state index in [0.29, 0.717) is 6.42 Å². The van der Waals surface area contributed by atoms with Gasteiger partial charge in [-0.1, -0.05) is 70.4 Å². The Bertz CT molecular complexity index is 372. The van der Waals surface area contributed by atoms with E-state index in [1.54, 1.807) is 7.05 Å². The molecule has 0 atom stereocenters. The van der Waals surface area contributed by atoms with E-state index in [1.807, 2.05) is 0 Å². The molecular formula is C21H39CaNO3. The van der Waals surface area contributed by atoms with Gasteiger partial charge in [-0.3, -0.25) is 9.59 Å². The first kappa shape index (κ1) is 28.2. The molecule has 2 radical (unpaired) electrons. The fourth-order valence-electron chi connectivity index (χ4n) is 2.83. The van der Waals surface area contributed by atoms with Gasteiger partial charge in [0.1, 0.15) is 6.54 Å². The van der Waals surface area contributed by atoms with Crippen molar-refractivity contribution in [1.29, 1.82) is 0 Å². The molecule has 4 nitrogen and oxygen atoms in total. The minimum absolute atomic E-state index is 0. The molecule has 0 spiro atoms. The van der Waals surface area contributed by atoms with Crippen LogP contribution in [0.4, 0.5) is 0 Å². The predicted molar refractivity (Wildman–Crippen MR) is 110 cm³/mol. The summed E-state index contributed by atoms with van der Waals surface area (Å²) in [6.07, 6.45) is 21.1. The Labute approximate surface area is 190 Å². The van der Waals surface area contributed by atoms with Gasteiger partial charge < -0.3 is 10.0 Å². The number of carboxylic acid groups (broad SMARTS) is 1. The molecule has 5 heteroatoms. The van der Waals surface area contributed by atoms with Crippen LogP contribution in [0.2, 0.25) is 0 Å². The van der Waals surface area contributed by atoms with Crippen molar-refractivity contribution < 1.29 is 14.7 Å². The minimum atomic E-state index is -0.958. The van der Waals surface area contributed by atoms with Crippen molar-refractivity contribution in [2.45, 2.75) is 96.8 Å². The van der Waals surface area contributed by atoms with E-state index in [-0.39, 0.29) is 50.2 Å². The van der Waals surface area contributed by atoms with Gasteiger partial charge in [-0.25, -0.2) is 0 Å². The fraction of sp³-hybridized carbons (Fsp3) is 0.810. The molecule has 0 aromatic carbocycles. The van der Waals surface area contributed by atoms with Crippen molar-refractivity contribution >= 4 is 49.6 Å². The molecule has 0 heterocycles. The first-order valence-corrected chi connectivity index (χ1v) is 10.2. The molecule has 0 aliphatic carbocycles. The van der Waals surface area contributed by atoms with E-state index in [0.717, 1.165) is 25.7 Å². The summed E-state index contributed by atoms with van der Waals surface area (Å²) in [6, 6.07) is 0. The van der Waals surface area contributed by atoms with Crippen LogP contribution in [0.1, 0.15) is 96.8 Å². The molecule has 0 unspecified atom stereocenters. The van der Waals surface area contributed by atoms with Crippen molar-refractivity contribution in [3.05, 3.63) is 12.2 Å². The summed E-state index contributed by atoms with van der Waals surface area (Å²) in [6.45, 7) is 2.05. The molecule has 0 aromatic rings. The maximum absolute atomic E-state index is 11.7. The maximum atomic E-state index is 11.7. The average molecular weight is 394 g/mol. The van der Waals surface area contributed by atoms with E-state index in [2.05, 4.69) is 19.1 Å². The SMILES string of the molecule is CCCCCCCC/C=C\CCCCCCCC(=O)N(C)CC(=O)O.[Ca]. The van der Waals surface area contributed by atoms with Gasteiger partial charge in [-0.05, 0) is 32.1 Å². The van der Waals surface area contributed by atoms with Gasteiger partial charge in [-0.2, -0.15) is 0 Å². The van der Waals surface area contributed by atoms with Gasteiger partial charge in [-0.15, -0.1) is 0 Å². The number of amides is 1. The predicted octanol–water partition coefficient (Wildman–Crippen LogP) is 5.19. The number of aliphatic carboxylic acids is 1. The molecule has 0 rings (SSSR count). The number of likely N-dealkylation sites (N-methyl/N-ethyl adjacent to an activating group) is 1. The second-order valence-corrected chi connectivity index (χ2v) is 6.98. The third kappa shape index (κ3) is 20.3. The van der Waals surface area contributed by atoms with Gasteiger partial charge in [0.15, 0.2) is 0 Å². The summed E-state index contributed by atoms with van der Waals surface area (Å²) in [7, 11) is 1.55. The van der Waals surface area contributed by atoms with Crippen LogP contribution in [0.25, 0.3) is 0 Å². The summed E-state index contributed by atoms with van der Waals surface area (Å²) < 4.78 is 0. The summed E-state index contributed by atoms with van der Waals surface area (Å²) >= 11 is 0. The Morgan fingerprint density at radius 2 is 1.27 bits per heavy atom. The van der Waals surface area contributed by atoms with Crippen molar-refractivity contribution in [1.82, 2.24) is 4.90 Å². The number of hydrogen-bond donors (Lipinski definition) is 1. The number of hydrogen-bond acceptors (Lipinski definition) is 2. The molecule has 0 aromatic heterocycles. The topological polar surface area (TPSA) is 57.6 Å². The molecule has 26 heavy (non-hydrogen) atoms. The van der Waals surface area contributed by atoms with Crippen LogP contribution in [0.5, 0.6) is 0 Å². The van der Waals surface area contributed by atoms with Gasteiger partial charge in [0.25, 0.3) is 0 Å². The number of rotatable bonds is 17. The molecule has 1 N–H and O–H groups in total. The number of unbranched alkanes of at least 4 members (excludes halogenated alkanes) is 11. The van der Waals surface area contributed by atoms with Gasteiger partial charge in [0, 0.05) is 51.2 Å². The van der Waals surface area contributed by atoms with E-state index in [4.69, 9.17) is 5.11 Å². The molecule has 0 bridgehead atoms. The second kappa shape index (κ2) is 21.2. The van der Waals surface area contributed by atoms with Crippen LogP contribution < -0.4 is 0 Å². The Hall–Kier alpha value is -0.0603. The quantitative estimate of drug-likeness (QED) is 0.210. The van der Waals surface area contributed by atoms with Gasteiger partial charge >= 0.3 is 5.97 Å². The summed E-state index contributed by atoms with van der Waals surface area (Å²) in [5.74, 6) is -1.03. The van der Waals surface area contributed by atoms with Crippen molar-refractivity contribution in [2.75, 3.05) is 13.6 Å². The van der Waals surface area contributed by atoms with Crippen LogP contribution in [-0.4, -0.2) is 73.2 Å². The van der Waals surface area contributed by atoms with Crippen LogP contribution in [0.15, 0.2) is 12.2 Å². The molecule has 148 valence electrons. The fourth-order valence-corrected chi connectivity index (χ4v) is 2.83. The third-order valence-corrected chi connectivity index (χ3v) is 4.45. The van der Waals surface area contributed by atoms with E-state index < -0.39 is 5.97 Å². The van der Waals surface area contributed by atoms with Gasteiger partial charge in [0.05, 0.1) is 0 Å². The van der Waals surface area contributed by atoms with E-state index in [1.165, 1.54) is 62.7 Å². The largest absolute Gasteiger partial charge is 0.480 e. The van der Waals surface area contributed by atoms with Crippen LogP contribution in [0.3, 0.4) is 0 Å². The number of carboxylic acids is 1. The van der Waals surface area contributed by atoms with E-state index in [9.17, 15) is 9.59 Å². The molecule has 0 saturated heterocycles. The zero-order chi connectivity index (χ0) is 18.8. The molecular weight excluding hydrogens is 354 g/mol. The Morgan fingerprint density at radius 3 is 1.77 bits per heavy atom. The number of carbonyl (C=O) groups is 2. The number of nitrogens with zero attached hydrogens (tertiary/aromatic N) is 1. The van der Waals surface area contributed by atoms with Crippen molar-refractivity contribution in [3.63, 3.8) is 0 Å². The van der Waals surface area contributed by atoms with Crippen LogP contribution >= 0.6 is 0 Å². The minimum Gasteiger partial charge on any atom is -0.480 e. The van der Waals surface area contributed by atoms with Crippen molar-refractivity contribution in [3.8, 4) is 0 Å². The molecule has 0 fully saturated rings. The zero-order valence-electron chi connectivity index (χ0n) is 17.2. The third-order valence-electron chi connectivity index (χ3n) is 4.45. The first-order valence-electron chi connectivity index (χ1n) is 10.2. The Balaban J connectivity index is 0. The Kier molecular flexibility index (Phi) is 23.0. The Morgan fingerprint density at radius 1 is 0.808 bits per heavy atom. The van der Waals surface area contributed by atoms with E-state index >= 15 is 0 Å². The second-order valence-electron chi connectivity index (χ2n) is 6.98. The molecule has 1 amide bonds. The number of allylic oxidation sites excluding steroid dienone is 2. The summed E-state index contributed by atoms with van der Waals surface area (Å²) in [5, 5.41) is 8.64. The summed E-state index contributed by atoms with van der Waals surface area (Å²) in [5.41, 5.74) is 0. The van der Waals surface area contributed by atoms with Crippen LogP contribution in [-0.2, 0) is 9.59 Å². The average Bonchev–Trinajstić information content (AvgIpc) is 2.57. The van der Waals surface area contributed by atoms with Gasteiger partial charge in [0.2, 0.25) is 5.91 Å². The normalized spacial score (nSPS) is 10.7. The molecule has 0 aliphatic rings. The smallest absolute Gasteiger partial charge is 0.323 e. The molecule has 0 saturated carbocycles. The first-order chi connectivity index (χ1) is 12.1. The summed E-state index contributed by atoms with van der Waals surface area (Å²) in [4.78, 5) is 23.5. The van der Waals surface area contributed by atoms with Crippen LogP contribution in [0, 0.1) is 0 Å². The maximum Gasteiger partial charge on any atom is 0.323 e. The number of carbonyl (C=O) groups excluding carboxylic acids is 1.